The highest BCUT2D eigenvalue weighted by Crippen LogP contribution is 2.46. The lowest BCUT2D eigenvalue weighted by Crippen LogP contribution is -2.10. The van der Waals surface area contributed by atoms with Crippen molar-refractivity contribution in [3.63, 3.8) is 0 Å². The number of halogens is 3. The molecule has 0 radical (unpaired) electrons. The Labute approximate surface area is 123 Å². The third-order valence-electron chi connectivity index (χ3n) is 3.65. The first-order chi connectivity index (χ1) is 10.3. The summed E-state index contributed by atoms with van der Waals surface area (Å²) in [5, 5.41) is 0. The van der Waals surface area contributed by atoms with Gasteiger partial charge in [0.15, 0.2) is 11.5 Å². The minimum Gasteiger partial charge on any atom is -0.494 e. The summed E-state index contributed by atoms with van der Waals surface area (Å²) in [6.45, 7) is 0. The summed E-state index contributed by atoms with van der Waals surface area (Å²) < 4.78 is 44.0. The summed E-state index contributed by atoms with van der Waals surface area (Å²) in [6, 6.07) is 5.05. The monoisotopic (exact) mass is 308 g/mol. The molecule has 0 aliphatic heterocycles. The maximum Gasteiger partial charge on any atom is 0.418 e. The molecule has 0 spiro atoms. The highest BCUT2D eigenvalue weighted by molar-refractivity contribution is 6.24. The number of ether oxygens (including phenoxy) is 1. The fraction of sp³-hybridized carbons (Fsp3) is 0.133. The van der Waals surface area contributed by atoms with Crippen molar-refractivity contribution in [2.75, 3.05) is 18.6 Å². The second-order valence-corrected chi connectivity index (χ2v) is 4.92. The topological polar surface area (TPSA) is 78.3 Å². The van der Waals surface area contributed by atoms with E-state index in [1.807, 2.05) is 0 Å². The van der Waals surface area contributed by atoms with Gasteiger partial charge in [0.25, 0.3) is 0 Å². The van der Waals surface area contributed by atoms with Crippen LogP contribution < -0.4 is 16.2 Å². The van der Waals surface area contributed by atoms with Crippen LogP contribution in [-0.4, -0.2) is 12.9 Å². The molecular weight excluding hydrogens is 297 g/mol. The second-order valence-electron chi connectivity index (χ2n) is 4.92. The molecule has 0 fully saturated rings. The quantitative estimate of drug-likeness (QED) is 0.677. The fourth-order valence-corrected chi connectivity index (χ4v) is 2.68. The van der Waals surface area contributed by atoms with Crippen LogP contribution in [0.4, 0.5) is 24.5 Å². The van der Waals surface area contributed by atoms with Crippen LogP contribution in [0.15, 0.2) is 24.3 Å². The Balaban J connectivity index is 2.31. The predicted molar refractivity (Wildman–Crippen MR) is 75.7 cm³/mol. The number of benzene rings is 2. The summed E-state index contributed by atoms with van der Waals surface area (Å²) in [7, 11) is 1.34. The van der Waals surface area contributed by atoms with Crippen LogP contribution in [0, 0.1) is 0 Å². The number of methoxy groups -OCH3 is 1. The maximum atomic E-state index is 12.9. The highest BCUT2D eigenvalue weighted by Gasteiger charge is 2.38. The van der Waals surface area contributed by atoms with Crippen molar-refractivity contribution in [2.24, 2.45) is 0 Å². The van der Waals surface area contributed by atoms with Crippen molar-refractivity contribution < 1.29 is 22.7 Å². The molecule has 114 valence electrons. The number of fused-ring (bicyclic) bond motifs is 3. The number of nitrogens with two attached hydrogens (primary N) is 2. The molecule has 0 saturated heterocycles. The fourth-order valence-electron chi connectivity index (χ4n) is 2.68. The predicted octanol–water partition coefficient (Wildman–Crippen LogP) is 3.09. The first-order valence-electron chi connectivity index (χ1n) is 6.28. The molecule has 0 amide bonds. The van der Waals surface area contributed by atoms with Crippen molar-refractivity contribution >= 4 is 17.2 Å². The van der Waals surface area contributed by atoms with E-state index in [2.05, 4.69) is 0 Å². The van der Waals surface area contributed by atoms with Gasteiger partial charge >= 0.3 is 6.18 Å². The van der Waals surface area contributed by atoms with Crippen molar-refractivity contribution in [3.8, 4) is 16.9 Å². The normalized spacial score (nSPS) is 13.0. The third kappa shape index (κ3) is 1.82. The van der Waals surface area contributed by atoms with E-state index < -0.39 is 23.2 Å². The molecule has 0 aromatic heterocycles. The second kappa shape index (κ2) is 4.40. The minimum absolute atomic E-state index is 0.0552. The van der Waals surface area contributed by atoms with E-state index in [4.69, 9.17) is 16.2 Å². The largest absolute Gasteiger partial charge is 0.494 e. The molecule has 22 heavy (non-hydrogen) atoms. The van der Waals surface area contributed by atoms with E-state index in [-0.39, 0.29) is 22.6 Å². The van der Waals surface area contributed by atoms with E-state index >= 15 is 0 Å². The van der Waals surface area contributed by atoms with Crippen LogP contribution >= 0.6 is 0 Å². The molecule has 0 heterocycles. The zero-order valence-corrected chi connectivity index (χ0v) is 11.4. The first-order valence-corrected chi connectivity index (χ1v) is 6.28. The summed E-state index contributed by atoms with van der Waals surface area (Å²) in [5.41, 5.74) is 11.0. The van der Waals surface area contributed by atoms with Crippen LogP contribution in [-0.2, 0) is 6.18 Å². The molecule has 2 aromatic rings. The minimum atomic E-state index is -4.63. The number of nitrogen functional groups attached to an aromatic ring is 2. The molecule has 2 aromatic carbocycles. The Kier molecular flexibility index (Phi) is 2.85. The van der Waals surface area contributed by atoms with Gasteiger partial charge in [0.2, 0.25) is 0 Å². The lowest BCUT2D eigenvalue weighted by molar-refractivity contribution is -0.136. The van der Waals surface area contributed by atoms with Gasteiger partial charge in [-0.3, -0.25) is 4.79 Å². The van der Waals surface area contributed by atoms with Gasteiger partial charge in [0.1, 0.15) is 0 Å². The van der Waals surface area contributed by atoms with Crippen LogP contribution in [0.1, 0.15) is 21.5 Å². The number of anilines is 2. The average molecular weight is 308 g/mol. The Hall–Kier alpha value is -2.70. The summed E-state index contributed by atoms with van der Waals surface area (Å²) >= 11 is 0. The van der Waals surface area contributed by atoms with E-state index in [1.165, 1.54) is 13.2 Å². The van der Waals surface area contributed by atoms with Gasteiger partial charge in [-0.25, -0.2) is 0 Å². The Morgan fingerprint density at radius 3 is 2.27 bits per heavy atom. The smallest absolute Gasteiger partial charge is 0.418 e. The van der Waals surface area contributed by atoms with Crippen LogP contribution in [0.25, 0.3) is 11.1 Å². The van der Waals surface area contributed by atoms with Crippen molar-refractivity contribution in [3.05, 3.63) is 41.0 Å². The number of ketones is 1. The standard InChI is InChI=1S/C15H11F3N2O2/c1-22-14-10(19)3-2-6-7-5-11(20)9(15(16,17)18)4-8(7)13(21)12(6)14/h2-5H,19-20H2,1H3. The maximum absolute atomic E-state index is 12.9. The number of carbonyl (C=O) groups is 1. The van der Waals surface area contributed by atoms with Gasteiger partial charge < -0.3 is 16.2 Å². The zero-order valence-electron chi connectivity index (χ0n) is 11.4. The zero-order chi connectivity index (χ0) is 16.2. The molecule has 7 heteroatoms. The first kappa shape index (κ1) is 14.2. The van der Waals surface area contributed by atoms with Gasteiger partial charge in [-0.05, 0) is 29.3 Å². The third-order valence-corrected chi connectivity index (χ3v) is 3.65. The van der Waals surface area contributed by atoms with Gasteiger partial charge in [0.05, 0.1) is 23.9 Å². The number of hydrogen-bond acceptors (Lipinski definition) is 4. The number of hydrogen-bond donors (Lipinski definition) is 2. The van der Waals surface area contributed by atoms with Crippen LogP contribution in [0.3, 0.4) is 0 Å². The average Bonchev–Trinajstić information content (AvgIpc) is 2.70. The molecule has 4 N–H and O–H groups in total. The van der Waals surface area contributed by atoms with E-state index in [0.29, 0.717) is 11.1 Å². The number of carbonyl (C=O) groups excluding carboxylic acids is 1. The van der Waals surface area contributed by atoms with E-state index in [0.717, 1.165) is 12.1 Å². The summed E-state index contributed by atoms with van der Waals surface area (Å²) in [4.78, 5) is 12.5. The lowest BCUT2D eigenvalue weighted by atomic mass is 10.0. The van der Waals surface area contributed by atoms with Crippen molar-refractivity contribution in [1.29, 1.82) is 0 Å². The molecule has 1 aliphatic rings. The van der Waals surface area contributed by atoms with Crippen LogP contribution in [0.2, 0.25) is 0 Å². The molecule has 0 saturated carbocycles. The van der Waals surface area contributed by atoms with Crippen molar-refractivity contribution in [1.82, 2.24) is 0 Å². The van der Waals surface area contributed by atoms with Gasteiger partial charge in [0, 0.05) is 11.3 Å². The van der Waals surface area contributed by atoms with Gasteiger partial charge in [-0.1, -0.05) is 6.07 Å². The highest BCUT2D eigenvalue weighted by atomic mass is 19.4. The summed E-state index contributed by atoms with van der Waals surface area (Å²) in [5.74, 6) is -0.398. The molecular formula is C15H11F3N2O2. The summed E-state index contributed by atoms with van der Waals surface area (Å²) in [6.07, 6.45) is -4.63. The van der Waals surface area contributed by atoms with Gasteiger partial charge in [-0.15, -0.1) is 0 Å². The molecule has 0 bridgehead atoms. The number of alkyl halides is 3. The molecule has 1 aliphatic carbocycles. The van der Waals surface area contributed by atoms with E-state index in [1.54, 1.807) is 6.07 Å². The Morgan fingerprint density at radius 1 is 1.00 bits per heavy atom. The SMILES string of the molecule is COc1c(N)ccc2c1C(=O)c1cc(C(F)(F)F)c(N)cc1-2. The van der Waals surface area contributed by atoms with Crippen molar-refractivity contribution in [2.45, 2.75) is 6.18 Å². The van der Waals surface area contributed by atoms with Crippen LogP contribution in [0.5, 0.6) is 5.75 Å². The molecule has 0 atom stereocenters. The van der Waals surface area contributed by atoms with E-state index in [9.17, 15) is 18.0 Å². The van der Waals surface area contributed by atoms with Gasteiger partial charge in [-0.2, -0.15) is 13.2 Å². The molecule has 0 unspecified atom stereocenters. The number of rotatable bonds is 1. The lowest BCUT2D eigenvalue weighted by Gasteiger charge is -2.11. The Morgan fingerprint density at radius 2 is 1.68 bits per heavy atom. The molecule has 4 nitrogen and oxygen atoms in total. The molecule has 3 rings (SSSR count). The Bertz CT molecular complexity index is 813.